The van der Waals surface area contributed by atoms with Gasteiger partial charge < -0.3 is 0 Å². The van der Waals surface area contributed by atoms with Crippen LogP contribution in [0.1, 0.15) is 24.8 Å². The summed E-state index contributed by atoms with van der Waals surface area (Å²) in [5, 5.41) is 2.01. The molecule has 104 valence electrons. The van der Waals surface area contributed by atoms with Crippen LogP contribution in [0.4, 0.5) is 0 Å². The summed E-state index contributed by atoms with van der Waals surface area (Å²) in [6, 6.07) is 4.12. The first kappa shape index (κ1) is 15.6. The van der Waals surface area contributed by atoms with Crippen molar-refractivity contribution in [1.82, 2.24) is 14.3 Å². The van der Waals surface area contributed by atoms with Gasteiger partial charge in [0.15, 0.2) is 0 Å². The van der Waals surface area contributed by atoms with Gasteiger partial charge in [-0.05, 0) is 24.5 Å². The van der Waals surface area contributed by atoms with E-state index in [1.807, 2.05) is 17.5 Å². The molecule has 0 saturated heterocycles. The van der Waals surface area contributed by atoms with E-state index >= 15 is 0 Å². The molecule has 1 atom stereocenters. The Balaban J connectivity index is 2.79. The third kappa shape index (κ3) is 4.33. The van der Waals surface area contributed by atoms with Gasteiger partial charge in [0.2, 0.25) is 0 Å². The van der Waals surface area contributed by atoms with Crippen molar-refractivity contribution in [3.8, 4) is 0 Å². The molecule has 1 aromatic heterocycles. The number of hydrogen-bond donors (Lipinski definition) is 2. The van der Waals surface area contributed by atoms with Crippen LogP contribution in [0.3, 0.4) is 0 Å². The van der Waals surface area contributed by atoms with Crippen molar-refractivity contribution >= 4 is 21.5 Å². The molecule has 1 heterocycles. The van der Waals surface area contributed by atoms with E-state index < -0.39 is 10.2 Å². The van der Waals surface area contributed by atoms with Gasteiger partial charge in [0.1, 0.15) is 0 Å². The monoisotopic (exact) mass is 291 g/mol. The molecule has 7 heteroatoms. The highest BCUT2D eigenvalue weighted by atomic mass is 32.2. The Labute approximate surface area is 113 Å². The highest BCUT2D eigenvalue weighted by molar-refractivity contribution is 7.87. The number of likely N-dealkylation sites (N-methyl/N-ethyl adjacent to an activating group) is 1. The molecule has 0 saturated carbocycles. The standard InChI is InChI=1S/C11H21N3O2S2/c1-4-14(5-2)10(11-7-6-8-17-11)9-13-18(15,16)12-3/h6-8,10,12-13H,4-5,9H2,1-3H3. The van der Waals surface area contributed by atoms with Gasteiger partial charge in [-0.2, -0.15) is 8.42 Å². The maximum absolute atomic E-state index is 11.4. The Kier molecular flexibility index (Phi) is 6.24. The largest absolute Gasteiger partial charge is 0.295 e. The summed E-state index contributed by atoms with van der Waals surface area (Å²) in [6.45, 7) is 6.32. The zero-order valence-corrected chi connectivity index (χ0v) is 12.6. The Morgan fingerprint density at radius 1 is 1.39 bits per heavy atom. The average Bonchev–Trinajstić information content (AvgIpc) is 2.88. The van der Waals surface area contributed by atoms with E-state index in [4.69, 9.17) is 0 Å². The predicted molar refractivity (Wildman–Crippen MR) is 76.0 cm³/mol. The van der Waals surface area contributed by atoms with Crippen LogP contribution in [-0.4, -0.2) is 40.0 Å². The Morgan fingerprint density at radius 2 is 2.06 bits per heavy atom. The van der Waals surface area contributed by atoms with Crippen LogP contribution in [0, 0.1) is 0 Å². The fourth-order valence-corrected chi connectivity index (χ4v) is 3.20. The summed E-state index contributed by atoms with van der Waals surface area (Å²) in [4.78, 5) is 3.42. The second-order valence-electron chi connectivity index (χ2n) is 3.81. The smallest absolute Gasteiger partial charge is 0.276 e. The predicted octanol–water partition coefficient (Wildman–Crippen LogP) is 1.18. The summed E-state index contributed by atoms with van der Waals surface area (Å²) < 4.78 is 27.7. The van der Waals surface area contributed by atoms with Crippen LogP contribution in [0.15, 0.2) is 17.5 Å². The van der Waals surface area contributed by atoms with Crippen LogP contribution < -0.4 is 9.44 Å². The number of nitrogens with zero attached hydrogens (tertiary/aromatic N) is 1. The molecule has 0 spiro atoms. The topological polar surface area (TPSA) is 61.4 Å². The number of thiophene rings is 1. The van der Waals surface area contributed by atoms with E-state index in [1.54, 1.807) is 11.3 Å². The Hall–Kier alpha value is -0.470. The lowest BCUT2D eigenvalue weighted by molar-refractivity contribution is 0.223. The zero-order valence-electron chi connectivity index (χ0n) is 11.0. The van der Waals surface area contributed by atoms with E-state index in [2.05, 4.69) is 28.2 Å². The van der Waals surface area contributed by atoms with Crippen molar-refractivity contribution in [3.63, 3.8) is 0 Å². The molecular formula is C11H21N3O2S2. The van der Waals surface area contributed by atoms with E-state index in [9.17, 15) is 8.42 Å². The molecule has 0 amide bonds. The number of nitrogens with one attached hydrogen (secondary N) is 2. The van der Waals surface area contributed by atoms with Crippen molar-refractivity contribution in [2.45, 2.75) is 19.9 Å². The quantitative estimate of drug-likeness (QED) is 0.756. The first-order valence-electron chi connectivity index (χ1n) is 5.99. The second kappa shape index (κ2) is 7.20. The molecule has 0 fully saturated rings. The van der Waals surface area contributed by atoms with Gasteiger partial charge in [-0.1, -0.05) is 19.9 Å². The number of hydrogen-bond acceptors (Lipinski definition) is 4. The van der Waals surface area contributed by atoms with Crippen LogP contribution in [0.5, 0.6) is 0 Å². The number of rotatable bonds is 8. The normalized spacial score (nSPS) is 14.0. The van der Waals surface area contributed by atoms with Gasteiger partial charge in [-0.15, -0.1) is 11.3 Å². The highest BCUT2D eigenvalue weighted by Gasteiger charge is 2.20. The SMILES string of the molecule is CCN(CC)C(CNS(=O)(=O)NC)c1cccs1. The summed E-state index contributed by atoms with van der Waals surface area (Å²) >= 11 is 1.65. The summed E-state index contributed by atoms with van der Waals surface area (Å²) in [7, 11) is -1.97. The van der Waals surface area contributed by atoms with E-state index in [-0.39, 0.29) is 6.04 Å². The molecule has 18 heavy (non-hydrogen) atoms. The van der Waals surface area contributed by atoms with Crippen molar-refractivity contribution in [2.24, 2.45) is 0 Å². The minimum absolute atomic E-state index is 0.0862. The molecule has 1 rings (SSSR count). The maximum Gasteiger partial charge on any atom is 0.276 e. The molecular weight excluding hydrogens is 270 g/mol. The molecule has 1 unspecified atom stereocenters. The minimum Gasteiger partial charge on any atom is -0.295 e. The highest BCUT2D eigenvalue weighted by Crippen LogP contribution is 2.24. The van der Waals surface area contributed by atoms with E-state index in [0.717, 1.165) is 13.1 Å². The average molecular weight is 291 g/mol. The van der Waals surface area contributed by atoms with Crippen molar-refractivity contribution in [1.29, 1.82) is 0 Å². The molecule has 0 aliphatic carbocycles. The molecule has 0 aliphatic rings. The zero-order chi connectivity index (χ0) is 13.6. The lowest BCUT2D eigenvalue weighted by Gasteiger charge is -2.28. The summed E-state index contributed by atoms with van der Waals surface area (Å²) in [6.07, 6.45) is 0. The van der Waals surface area contributed by atoms with Crippen LogP contribution in [0.2, 0.25) is 0 Å². The fraction of sp³-hybridized carbons (Fsp3) is 0.636. The fourth-order valence-electron chi connectivity index (χ4n) is 1.82. The molecule has 0 aromatic carbocycles. The lowest BCUT2D eigenvalue weighted by Crippen LogP contribution is -2.41. The van der Waals surface area contributed by atoms with E-state index in [1.165, 1.54) is 11.9 Å². The first-order valence-corrected chi connectivity index (χ1v) is 8.35. The summed E-state index contributed by atoms with van der Waals surface area (Å²) in [5.41, 5.74) is 0. The molecule has 0 radical (unpaired) electrons. The first-order chi connectivity index (χ1) is 8.54. The van der Waals surface area contributed by atoms with Crippen LogP contribution in [0.25, 0.3) is 0 Å². The van der Waals surface area contributed by atoms with Crippen molar-refractivity contribution in [3.05, 3.63) is 22.4 Å². The Bertz CT molecular complexity index is 427. The molecule has 0 aliphatic heterocycles. The lowest BCUT2D eigenvalue weighted by atomic mass is 10.2. The van der Waals surface area contributed by atoms with Crippen molar-refractivity contribution in [2.75, 3.05) is 26.7 Å². The van der Waals surface area contributed by atoms with Crippen LogP contribution >= 0.6 is 11.3 Å². The van der Waals surface area contributed by atoms with Gasteiger partial charge in [0, 0.05) is 18.5 Å². The van der Waals surface area contributed by atoms with Crippen molar-refractivity contribution < 1.29 is 8.42 Å². The third-order valence-electron chi connectivity index (χ3n) is 2.86. The van der Waals surface area contributed by atoms with E-state index in [0.29, 0.717) is 6.54 Å². The second-order valence-corrected chi connectivity index (χ2v) is 6.49. The van der Waals surface area contributed by atoms with Gasteiger partial charge in [0.05, 0.1) is 6.04 Å². The molecule has 5 nitrogen and oxygen atoms in total. The van der Waals surface area contributed by atoms with Crippen LogP contribution in [-0.2, 0) is 10.2 Å². The van der Waals surface area contributed by atoms with Gasteiger partial charge in [0.25, 0.3) is 10.2 Å². The molecule has 1 aromatic rings. The van der Waals surface area contributed by atoms with Gasteiger partial charge >= 0.3 is 0 Å². The minimum atomic E-state index is -3.38. The molecule has 0 bridgehead atoms. The third-order valence-corrected chi connectivity index (χ3v) is 4.92. The maximum atomic E-state index is 11.4. The summed E-state index contributed by atoms with van der Waals surface area (Å²) in [5.74, 6) is 0. The van der Waals surface area contributed by atoms with Gasteiger partial charge in [-0.25, -0.2) is 9.44 Å². The van der Waals surface area contributed by atoms with Gasteiger partial charge in [-0.3, -0.25) is 4.90 Å². The Morgan fingerprint density at radius 3 is 2.50 bits per heavy atom. The molecule has 2 N–H and O–H groups in total.